The van der Waals surface area contributed by atoms with Gasteiger partial charge in [0.2, 0.25) is 11.0 Å². The molecule has 1 amide bonds. The van der Waals surface area contributed by atoms with Crippen molar-refractivity contribution in [1.29, 1.82) is 0 Å². The molecule has 3 aromatic carbocycles. The number of anilines is 1. The maximum atomic E-state index is 12.7. The van der Waals surface area contributed by atoms with E-state index in [-0.39, 0.29) is 11.0 Å². The molecule has 0 unspecified atom stereocenters. The Morgan fingerprint density at radius 1 is 0.735 bits per heavy atom. The summed E-state index contributed by atoms with van der Waals surface area (Å²) in [5.74, 6) is 0.289. The third-order valence-electron chi connectivity index (χ3n) is 6.46. The van der Waals surface area contributed by atoms with Gasteiger partial charge in [0.25, 0.3) is 0 Å². The van der Waals surface area contributed by atoms with Crippen molar-refractivity contribution in [2.75, 3.05) is 31.7 Å². The second kappa shape index (κ2) is 21.5. The number of thioether (sulfide) groups is 1. The van der Waals surface area contributed by atoms with Crippen molar-refractivity contribution >= 4 is 58.4 Å². The van der Waals surface area contributed by atoms with Gasteiger partial charge < -0.3 is 24.3 Å². The van der Waals surface area contributed by atoms with Crippen LogP contribution in [0.3, 0.4) is 0 Å². The number of carbonyl (C=O) groups excluding carboxylic acids is 4. The van der Waals surface area contributed by atoms with Crippen molar-refractivity contribution in [2.24, 2.45) is 4.99 Å². The predicted molar refractivity (Wildman–Crippen MR) is 193 cm³/mol. The zero-order valence-corrected chi connectivity index (χ0v) is 28.2. The molecule has 0 aliphatic heterocycles. The van der Waals surface area contributed by atoms with Gasteiger partial charge in [0.1, 0.15) is 11.5 Å². The fourth-order valence-electron chi connectivity index (χ4n) is 4.02. The molecule has 0 bridgehead atoms. The Kier molecular flexibility index (Phi) is 16.7. The highest BCUT2D eigenvalue weighted by Crippen LogP contribution is 2.31. The molecule has 0 saturated heterocycles. The van der Waals surface area contributed by atoms with E-state index in [1.54, 1.807) is 30.5 Å². The van der Waals surface area contributed by atoms with E-state index in [2.05, 4.69) is 23.5 Å². The molecule has 0 fully saturated rings. The lowest BCUT2D eigenvalue weighted by atomic mass is 10.2. The monoisotopic (exact) mass is 684 g/mol. The highest BCUT2D eigenvalue weighted by atomic mass is 32.2. The zero-order valence-electron chi connectivity index (χ0n) is 27.4. The van der Waals surface area contributed by atoms with Crippen molar-refractivity contribution in [3.05, 3.63) is 109 Å². The molecule has 0 aromatic heterocycles. The summed E-state index contributed by atoms with van der Waals surface area (Å²) in [6.07, 6.45) is 10.0. The highest BCUT2D eigenvalue weighted by Gasteiger charge is 2.08. The number of benzene rings is 3. The Hall–Kier alpha value is -5.42. The Morgan fingerprint density at radius 2 is 1.27 bits per heavy atom. The first-order chi connectivity index (χ1) is 23.7. The van der Waals surface area contributed by atoms with Crippen LogP contribution in [0.2, 0.25) is 0 Å². The summed E-state index contributed by atoms with van der Waals surface area (Å²) in [5, 5.41) is 2.61. The van der Waals surface area contributed by atoms with Crippen molar-refractivity contribution in [3.63, 3.8) is 0 Å². The number of rotatable bonds is 20. The van der Waals surface area contributed by atoms with E-state index >= 15 is 0 Å². The van der Waals surface area contributed by atoms with Crippen LogP contribution in [0.4, 0.5) is 11.4 Å². The number of esters is 2. The number of unbranched alkanes of at least 4 members (excludes halogenated alkanes) is 2. The molecule has 0 radical (unpaired) electrons. The van der Waals surface area contributed by atoms with Gasteiger partial charge in [0.05, 0.1) is 37.8 Å². The number of hydrogen-bond acceptors (Lipinski definition) is 10. The summed E-state index contributed by atoms with van der Waals surface area (Å²) < 4.78 is 21.3. The quantitative estimate of drug-likeness (QED) is 0.0423. The third-order valence-corrected chi connectivity index (χ3v) is 7.29. The number of carbonyl (C=O) groups is 4. The minimum Gasteiger partial charge on any atom is -0.494 e. The largest absolute Gasteiger partial charge is 0.494 e. The van der Waals surface area contributed by atoms with Crippen molar-refractivity contribution in [2.45, 2.75) is 37.5 Å². The maximum absolute atomic E-state index is 12.7. The van der Waals surface area contributed by atoms with Crippen LogP contribution in [-0.2, 0) is 28.7 Å². The molecule has 3 rings (SSSR count). The fraction of sp³-hybridized carbons (Fsp3) is 0.237. The minimum absolute atomic E-state index is 0.180. The van der Waals surface area contributed by atoms with E-state index in [9.17, 15) is 19.2 Å². The Balaban J connectivity index is 1.49. The van der Waals surface area contributed by atoms with E-state index in [0.29, 0.717) is 67.0 Å². The summed E-state index contributed by atoms with van der Waals surface area (Å²) in [7, 11) is 0. The Labute approximate surface area is 290 Å². The van der Waals surface area contributed by atoms with Gasteiger partial charge >= 0.3 is 11.9 Å². The number of aliphatic imine (C=N–C) groups is 1. The Bertz CT molecular complexity index is 1630. The van der Waals surface area contributed by atoms with Crippen LogP contribution in [0.5, 0.6) is 11.5 Å². The van der Waals surface area contributed by atoms with Gasteiger partial charge in [0.15, 0.2) is 0 Å². The molecule has 0 aliphatic rings. The number of amides is 1. The summed E-state index contributed by atoms with van der Waals surface area (Å²) in [6.45, 7) is 9.76. The number of nitrogens with zero attached hydrogens (tertiary/aromatic N) is 1. The van der Waals surface area contributed by atoms with Crippen LogP contribution in [0, 0.1) is 0 Å². The minimum atomic E-state index is -0.432. The van der Waals surface area contributed by atoms with E-state index < -0.39 is 11.9 Å². The molecule has 0 saturated carbocycles. The topological polar surface area (TPSA) is 130 Å². The van der Waals surface area contributed by atoms with Gasteiger partial charge in [-0.2, -0.15) is 0 Å². The molecule has 1 N–H and O–H groups in total. The lowest BCUT2D eigenvalue weighted by molar-refractivity contribution is -0.138. The first-order valence-electron chi connectivity index (χ1n) is 15.7. The molecular formula is C38H40N2O8S. The smallest absolute Gasteiger partial charge is 0.330 e. The predicted octanol–water partition coefficient (Wildman–Crippen LogP) is 7.50. The summed E-state index contributed by atoms with van der Waals surface area (Å²) in [5.41, 5.74) is 2.69. The average molecular weight is 685 g/mol. The Morgan fingerprint density at radius 3 is 1.80 bits per heavy atom. The second-order valence-corrected chi connectivity index (χ2v) is 11.4. The van der Waals surface area contributed by atoms with Gasteiger partial charge in [0, 0.05) is 30.2 Å². The SMILES string of the molecule is C=CC(=O)OCCCCOc1ccc(/C=C/C(=O)Sc2ccc(/N=C/c3ccc(OCCCCOC(=O)C=C)cc3)c(NC(C)=O)c2)cc1. The third kappa shape index (κ3) is 15.4. The van der Waals surface area contributed by atoms with E-state index in [0.717, 1.165) is 47.9 Å². The summed E-state index contributed by atoms with van der Waals surface area (Å²) >= 11 is 1.04. The highest BCUT2D eigenvalue weighted by molar-refractivity contribution is 8.14. The van der Waals surface area contributed by atoms with Crippen LogP contribution >= 0.6 is 11.8 Å². The van der Waals surface area contributed by atoms with Gasteiger partial charge in [-0.05, 0) is 109 Å². The molecule has 11 heteroatoms. The van der Waals surface area contributed by atoms with Crippen LogP contribution in [0.25, 0.3) is 6.08 Å². The first kappa shape index (κ1) is 38.0. The molecule has 49 heavy (non-hydrogen) atoms. The number of ether oxygens (including phenoxy) is 4. The van der Waals surface area contributed by atoms with Crippen LogP contribution in [0.15, 0.2) is 108 Å². The molecule has 0 atom stereocenters. The summed E-state index contributed by atoms with van der Waals surface area (Å²) in [6, 6.07) is 20.0. The van der Waals surface area contributed by atoms with Crippen molar-refractivity contribution in [3.8, 4) is 11.5 Å². The number of nitrogens with one attached hydrogen (secondary N) is 1. The van der Waals surface area contributed by atoms with Gasteiger partial charge in [-0.1, -0.05) is 31.4 Å². The van der Waals surface area contributed by atoms with Gasteiger partial charge in [-0.3, -0.25) is 14.6 Å². The van der Waals surface area contributed by atoms with Gasteiger partial charge in [-0.25, -0.2) is 9.59 Å². The number of hydrogen-bond donors (Lipinski definition) is 1. The standard InChI is InChI=1S/C38H40N2O8S/c1-4-36(42)47-24-8-6-22-45-31-15-10-29(11-16-31)14-21-38(44)49-33-19-20-34(35(26-33)40-28(3)41)39-27-30-12-17-32(18-13-30)46-23-7-9-25-48-37(43)5-2/h4-5,10-21,26-27H,1-2,6-9,22-25H2,3H3,(H,40,41)/b21-14+,39-27+. The lowest BCUT2D eigenvalue weighted by Gasteiger charge is -2.09. The van der Waals surface area contributed by atoms with Crippen LogP contribution in [0.1, 0.15) is 43.7 Å². The molecular weight excluding hydrogens is 644 g/mol. The van der Waals surface area contributed by atoms with Crippen LogP contribution in [-0.4, -0.2) is 55.6 Å². The van der Waals surface area contributed by atoms with Crippen molar-refractivity contribution < 1.29 is 38.1 Å². The second-order valence-electron chi connectivity index (χ2n) is 10.4. The normalized spacial score (nSPS) is 10.8. The van der Waals surface area contributed by atoms with E-state index in [4.69, 9.17) is 18.9 Å². The van der Waals surface area contributed by atoms with Crippen molar-refractivity contribution in [1.82, 2.24) is 0 Å². The molecule has 0 spiro atoms. The molecule has 3 aromatic rings. The molecule has 0 heterocycles. The fourth-order valence-corrected chi connectivity index (χ4v) is 4.70. The first-order valence-corrected chi connectivity index (χ1v) is 16.5. The van der Waals surface area contributed by atoms with Crippen LogP contribution < -0.4 is 14.8 Å². The van der Waals surface area contributed by atoms with Gasteiger partial charge in [-0.15, -0.1) is 0 Å². The average Bonchev–Trinajstić information content (AvgIpc) is 3.10. The lowest BCUT2D eigenvalue weighted by Crippen LogP contribution is -2.06. The zero-order chi connectivity index (χ0) is 35.3. The maximum Gasteiger partial charge on any atom is 0.330 e. The molecule has 0 aliphatic carbocycles. The molecule has 256 valence electrons. The van der Waals surface area contributed by atoms with E-state index in [1.165, 1.54) is 13.0 Å². The van der Waals surface area contributed by atoms with E-state index in [1.807, 2.05) is 48.5 Å². The summed E-state index contributed by atoms with van der Waals surface area (Å²) in [4.78, 5) is 51.9. The molecule has 10 nitrogen and oxygen atoms in total.